The van der Waals surface area contributed by atoms with Crippen molar-refractivity contribution in [1.82, 2.24) is 5.43 Å². The fourth-order valence-corrected chi connectivity index (χ4v) is 1.65. The summed E-state index contributed by atoms with van der Waals surface area (Å²) in [6, 6.07) is 10.8. The van der Waals surface area contributed by atoms with Gasteiger partial charge in [-0.2, -0.15) is 5.10 Å². The Hall–Kier alpha value is -3.02. The third-order valence-corrected chi connectivity index (χ3v) is 2.76. The molecule has 6 heteroatoms. The first kappa shape index (κ1) is 14.4. The molecule has 0 unspecified atom stereocenters. The number of ether oxygens (including phenoxy) is 1. The molecule has 0 aliphatic carbocycles. The van der Waals surface area contributed by atoms with Crippen LogP contribution in [0.2, 0.25) is 0 Å². The number of phenolic OH excluding ortho intramolecular Hbond substituents is 2. The number of amides is 1. The number of aromatic hydroxyl groups is 2. The fourth-order valence-electron chi connectivity index (χ4n) is 1.65. The summed E-state index contributed by atoms with van der Waals surface area (Å²) in [5.41, 5.74) is 2.82. The lowest BCUT2D eigenvalue weighted by Gasteiger charge is -2.04. The van der Waals surface area contributed by atoms with Gasteiger partial charge in [0.1, 0.15) is 17.2 Å². The average molecular weight is 286 g/mol. The molecule has 6 nitrogen and oxygen atoms in total. The molecule has 2 aromatic carbocycles. The van der Waals surface area contributed by atoms with Crippen LogP contribution in [0.4, 0.5) is 0 Å². The van der Waals surface area contributed by atoms with E-state index in [9.17, 15) is 15.0 Å². The molecule has 0 spiro atoms. The van der Waals surface area contributed by atoms with Crippen LogP contribution >= 0.6 is 0 Å². The Morgan fingerprint density at radius 3 is 2.62 bits per heavy atom. The van der Waals surface area contributed by atoms with E-state index in [0.29, 0.717) is 11.3 Å². The zero-order valence-electron chi connectivity index (χ0n) is 11.3. The maximum absolute atomic E-state index is 11.8. The summed E-state index contributed by atoms with van der Waals surface area (Å²) >= 11 is 0. The molecule has 2 aromatic rings. The number of nitrogens with zero attached hydrogens (tertiary/aromatic N) is 1. The lowest BCUT2D eigenvalue weighted by atomic mass is 10.2. The number of hydrazone groups is 1. The van der Waals surface area contributed by atoms with Gasteiger partial charge in [-0.05, 0) is 24.3 Å². The number of rotatable bonds is 4. The summed E-state index contributed by atoms with van der Waals surface area (Å²) in [5, 5.41) is 23.0. The van der Waals surface area contributed by atoms with Crippen molar-refractivity contribution in [3.63, 3.8) is 0 Å². The second kappa shape index (κ2) is 6.42. The third kappa shape index (κ3) is 3.50. The Kier molecular flexibility index (Phi) is 4.40. The van der Waals surface area contributed by atoms with Crippen molar-refractivity contribution in [3.8, 4) is 17.2 Å². The van der Waals surface area contributed by atoms with Crippen LogP contribution in [0, 0.1) is 0 Å². The summed E-state index contributed by atoms with van der Waals surface area (Å²) in [5.74, 6) is -0.173. The quantitative estimate of drug-likeness (QED) is 0.591. The number of benzene rings is 2. The Morgan fingerprint density at radius 2 is 1.95 bits per heavy atom. The van der Waals surface area contributed by atoms with Gasteiger partial charge < -0.3 is 14.9 Å². The molecule has 0 heterocycles. The van der Waals surface area contributed by atoms with E-state index in [0.717, 1.165) is 0 Å². The molecular formula is C15H14N2O4. The molecule has 0 fully saturated rings. The largest absolute Gasteiger partial charge is 0.507 e. The monoisotopic (exact) mass is 286 g/mol. The Morgan fingerprint density at radius 1 is 1.19 bits per heavy atom. The van der Waals surface area contributed by atoms with Gasteiger partial charge in [-0.3, -0.25) is 4.79 Å². The van der Waals surface area contributed by atoms with Crippen LogP contribution in [0.3, 0.4) is 0 Å². The molecule has 0 aromatic heterocycles. The number of hydrogen-bond donors (Lipinski definition) is 3. The van der Waals surface area contributed by atoms with Gasteiger partial charge in [0.2, 0.25) is 0 Å². The van der Waals surface area contributed by atoms with Crippen molar-refractivity contribution in [1.29, 1.82) is 0 Å². The first-order chi connectivity index (χ1) is 10.1. The van der Waals surface area contributed by atoms with E-state index in [2.05, 4.69) is 10.5 Å². The lowest BCUT2D eigenvalue weighted by molar-refractivity contribution is 0.0952. The number of para-hydroxylation sites is 1. The maximum atomic E-state index is 11.8. The fraction of sp³-hybridized carbons (Fsp3) is 0.0667. The van der Waals surface area contributed by atoms with E-state index < -0.39 is 5.91 Å². The molecule has 0 bridgehead atoms. The topological polar surface area (TPSA) is 91.2 Å². The maximum Gasteiger partial charge on any atom is 0.275 e. The van der Waals surface area contributed by atoms with Crippen molar-refractivity contribution in [2.24, 2.45) is 5.10 Å². The number of phenols is 2. The molecule has 0 saturated carbocycles. The Balaban J connectivity index is 2.06. The SMILES string of the molecule is COc1ccc(/C=N\NC(=O)c2ccccc2O)c(O)c1. The first-order valence-electron chi connectivity index (χ1n) is 6.10. The van der Waals surface area contributed by atoms with Gasteiger partial charge in [0.15, 0.2) is 0 Å². The molecule has 3 N–H and O–H groups in total. The predicted octanol–water partition coefficient (Wildman–Crippen LogP) is 1.87. The van der Waals surface area contributed by atoms with E-state index >= 15 is 0 Å². The molecule has 0 aliphatic heterocycles. The molecule has 0 radical (unpaired) electrons. The van der Waals surface area contributed by atoms with Crippen LogP contribution in [0.5, 0.6) is 17.2 Å². The number of carbonyl (C=O) groups excluding carboxylic acids is 1. The molecule has 108 valence electrons. The number of methoxy groups -OCH3 is 1. The van der Waals surface area contributed by atoms with E-state index in [4.69, 9.17) is 4.74 Å². The van der Waals surface area contributed by atoms with Gasteiger partial charge in [-0.15, -0.1) is 0 Å². The molecule has 0 atom stereocenters. The molecule has 1 amide bonds. The van der Waals surface area contributed by atoms with Crippen LogP contribution < -0.4 is 10.2 Å². The summed E-state index contributed by atoms with van der Waals surface area (Å²) in [6.07, 6.45) is 1.30. The summed E-state index contributed by atoms with van der Waals surface area (Å²) in [7, 11) is 1.50. The number of nitrogens with one attached hydrogen (secondary N) is 1. The van der Waals surface area contributed by atoms with Gasteiger partial charge in [0.25, 0.3) is 5.91 Å². The zero-order valence-corrected chi connectivity index (χ0v) is 11.3. The first-order valence-corrected chi connectivity index (χ1v) is 6.10. The normalized spacial score (nSPS) is 10.5. The van der Waals surface area contributed by atoms with Crippen LogP contribution in [0.25, 0.3) is 0 Å². The minimum absolute atomic E-state index is 0.0186. The Labute approximate surface area is 121 Å². The van der Waals surface area contributed by atoms with Gasteiger partial charge in [-0.25, -0.2) is 5.43 Å². The Bertz CT molecular complexity index is 683. The molecule has 0 saturated heterocycles. The predicted molar refractivity (Wildman–Crippen MR) is 77.8 cm³/mol. The standard InChI is InChI=1S/C15H14N2O4/c1-21-11-7-6-10(14(19)8-11)9-16-17-15(20)12-4-2-3-5-13(12)18/h2-9,18-19H,1H3,(H,17,20)/b16-9-. The third-order valence-electron chi connectivity index (χ3n) is 2.76. The van der Waals surface area contributed by atoms with Crippen molar-refractivity contribution in [3.05, 3.63) is 53.6 Å². The lowest BCUT2D eigenvalue weighted by Crippen LogP contribution is -2.17. The van der Waals surface area contributed by atoms with Gasteiger partial charge >= 0.3 is 0 Å². The second-order valence-electron chi connectivity index (χ2n) is 4.14. The van der Waals surface area contributed by atoms with Crippen molar-refractivity contribution < 1.29 is 19.7 Å². The smallest absolute Gasteiger partial charge is 0.275 e. The summed E-state index contributed by atoms with van der Waals surface area (Å²) < 4.78 is 4.96. The number of hydrogen-bond acceptors (Lipinski definition) is 5. The zero-order chi connectivity index (χ0) is 15.2. The summed E-state index contributed by atoms with van der Waals surface area (Å²) in [4.78, 5) is 11.8. The van der Waals surface area contributed by atoms with Crippen LogP contribution in [-0.2, 0) is 0 Å². The van der Waals surface area contributed by atoms with Crippen LogP contribution in [0.15, 0.2) is 47.6 Å². The highest BCUT2D eigenvalue weighted by atomic mass is 16.5. The highest BCUT2D eigenvalue weighted by molar-refractivity contribution is 5.97. The minimum Gasteiger partial charge on any atom is -0.507 e. The highest BCUT2D eigenvalue weighted by Crippen LogP contribution is 2.21. The van der Waals surface area contributed by atoms with E-state index in [1.807, 2.05) is 0 Å². The van der Waals surface area contributed by atoms with Crippen LogP contribution in [-0.4, -0.2) is 29.4 Å². The van der Waals surface area contributed by atoms with E-state index in [1.165, 1.54) is 31.5 Å². The molecule has 2 rings (SSSR count). The average Bonchev–Trinajstić information content (AvgIpc) is 2.49. The minimum atomic E-state index is -0.544. The van der Waals surface area contributed by atoms with Gasteiger partial charge in [0, 0.05) is 11.6 Å². The molecule has 0 aliphatic rings. The molecule has 21 heavy (non-hydrogen) atoms. The summed E-state index contributed by atoms with van der Waals surface area (Å²) in [6.45, 7) is 0. The van der Waals surface area contributed by atoms with Crippen molar-refractivity contribution >= 4 is 12.1 Å². The highest BCUT2D eigenvalue weighted by Gasteiger charge is 2.08. The second-order valence-corrected chi connectivity index (χ2v) is 4.14. The number of carbonyl (C=O) groups is 1. The van der Waals surface area contributed by atoms with Gasteiger partial charge in [0.05, 0.1) is 18.9 Å². The molecular weight excluding hydrogens is 272 g/mol. The van der Waals surface area contributed by atoms with Gasteiger partial charge in [-0.1, -0.05) is 12.1 Å². The van der Waals surface area contributed by atoms with Crippen molar-refractivity contribution in [2.45, 2.75) is 0 Å². The van der Waals surface area contributed by atoms with Crippen molar-refractivity contribution in [2.75, 3.05) is 7.11 Å². The van der Waals surface area contributed by atoms with E-state index in [-0.39, 0.29) is 17.1 Å². The van der Waals surface area contributed by atoms with E-state index in [1.54, 1.807) is 24.3 Å². The van der Waals surface area contributed by atoms with Crippen LogP contribution in [0.1, 0.15) is 15.9 Å².